The molecule has 2 aromatic rings. The first-order chi connectivity index (χ1) is 11.0. The first-order valence-electron chi connectivity index (χ1n) is 7.39. The fourth-order valence-corrected chi connectivity index (χ4v) is 2.67. The second-order valence-corrected chi connectivity index (χ2v) is 5.66. The van der Waals surface area contributed by atoms with E-state index in [-0.39, 0.29) is 5.82 Å². The van der Waals surface area contributed by atoms with Crippen molar-refractivity contribution in [3.63, 3.8) is 0 Å². The van der Waals surface area contributed by atoms with E-state index in [2.05, 4.69) is 9.97 Å². The van der Waals surface area contributed by atoms with Crippen molar-refractivity contribution in [1.29, 1.82) is 0 Å². The first-order valence-corrected chi connectivity index (χ1v) is 7.39. The lowest BCUT2D eigenvalue weighted by Crippen LogP contribution is -2.22. The number of carbonyl (C=O) groups excluding carboxylic acids is 2. The van der Waals surface area contributed by atoms with Gasteiger partial charge >= 0.3 is 0 Å². The predicted octanol–water partition coefficient (Wildman–Crippen LogP) is 1.53. The zero-order valence-electron chi connectivity index (χ0n) is 12.7. The van der Waals surface area contributed by atoms with Gasteiger partial charge in [0.05, 0.1) is 11.6 Å². The van der Waals surface area contributed by atoms with Gasteiger partial charge in [0.1, 0.15) is 12.1 Å². The van der Waals surface area contributed by atoms with Gasteiger partial charge in [-0.15, -0.1) is 0 Å². The molecule has 1 saturated heterocycles. The van der Waals surface area contributed by atoms with E-state index in [0.29, 0.717) is 25.1 Å². The van der Waals surface area contributed by atoms with Crippen LogP contribution in [0.2, 0.25) is 0 Å². The van der Waals surface area contributed by atoms with Crippen LogP contribution in [0.25, 0.3) is 0 Å². The molecular weight excluding hydrogens is 297 g/mol. The lowest BCUT2D eigenvalue weighted by molar-refractivity contribution is -0.139. The fourth-order valence-electron chi connectivity index (χ4n) is 2.67. The van der Waals surface area contributed by atoms with Gasteiger partial charge in [0.2, 0.25) is 5.78 Å². The van der Waals surface area contributed by atoms with Gasteiger partial charge < -0.3 is 4.90 Å². The highest BCUT2D eigenvalue weighted by atomic mass is 19.1. The molecule has 1 aromatic heterocycles. The van der Waals surface area contributed by atoms with Crippen molar-refractivity contribution in [2.45, 2.75) is 18.8 Å². The largest absolute Gasteiger partial charge is 0.338 e. The normalized spacial score (nSPS) is 17.8. The maximum Gasteiger partial charge on any atom is 0.290 e. The maximum atomic E-state index is 12.9. The van der Waals surface area contributed by atoms with Gasteiger partial charge in [-0.1, -0.05) is 12.1 Å². The van der Waals surface area contributed by atoms with Crippen LogP contribution in [0.3, 0.4) is 0 Å². The van der Waals surface area contributed by atoms with Gasteiger partial charge in [-0.2, -0.15) is 0 Å². The number of likely N-dealkylation sites (N-methyl/N-ethyl adjacent to an activating group) is 1. The van der Waals surface area contributed by atoms with E-state index < -0.39 is 17.6 Å². The van der Waals surface area contributed by atoms with Crippen LogP contribution < -0.4 is 0 Å². The lowest BCUT2D eigenvalue weighted by Gasteiger charge is -2.09. The maximum absolute atomic E-state index is 12.9. The van der Waals surface area contributed by atoms with Crippen molar-refractivity contribution in [3.05, 3.63) is 59.4 Å². The monoisotopic (exact) mass is 313 g/mol. The summed E-state index contributed by atoms with van der Waals surface area (Å²) in [5.41, 5.74) is 2.39. The standard InChI is InChI=1S/C17H16FN3O2/c1-21-9-14(16(22)17(21)23)15-8-13(19-10-20-15)7-4-11-2-5-12(18)6-3-11/h2-3,5-6,8,10,14H,4,7,9H2,1H3. The topological polar surface area (TPSA) is 63.2 Å². The number of nitrogens with zero attached hydrogens (tertiary/aromatic N) is 3. The molecule has 23 heavy (non-hydrogen) atoms. The number of aromatic nitrogens is 2. The molecular formula is C17H16FN3O2. The summed E-state index contributed by atoms with van der Waals surface area (Å²) in [7, 11) is 1.61. The SMILES string of the molecule is CN1CC(c2cc(CCc3ccc(F)cc3)ncn2)C(=O)C1=O. The van der Waals surface area contributed by atoms with E-state index in [0.717, 1.165) is 11.3 Å². The molecule has 1 amide bonds. The van der Waals surface area contributed by atoms with Gasteiger partial charge in [-0.25, -0.2) is 14.4 Å². The minimum Gasteiger partial charge on any atom is -0.338 e. The van der Waals surface area contributed by atoms with Crippen LogP contribution in [0, 0.1) is 5.82 Å². The number of benzene rings is 1. The number of carbonyl (C=O) groups is 2. The van der Waals surface area contributed by atoms with Crippen LogP contribution in [0.15, 0.2) is 36.7 Å². The molecule has 0 N–H and O–H groups in total. The van der Waals surface area contributed by atoms with Crippen molar-refractivity contribution < 1.29 is 14.0 Å². The molecule has 1 aliphatic heterocycles. The van der Waals surface area contributed by atoms with Crippen LogP contribution >= 0.6 is 0 Å². The number of rotatable bonds is 4. The zero-order chi connectivity index (χ0) is 16.4. The van der Waals surface area contributed by atoms with Crippen LogP contribution in [-0.2, 0) is 22.4 Å². The smallest absolute Gasteiger partial charge is 0.290 e. The minimum atomic E-state index is -0.514. The summed E-state index contributed by atoms with van der Waals surface area (Å²) in [5, 5.41) is 0. The van der Waals surface area contributed by atoms with Gasteiger partial charge in [0, 0.05) is 19.3 Å². The van der Waals surface area contributed by atoms with Crippen LogP contribution in [0.5, 0.6) is 0 Å². The summed E-state index contributed by atoms with van der Waals surface area (Å²) >= 11 is 0. The summed E-state index contributed by atoms with van der Waals surface area (Å²) in [5.74, 6) is -1.66. The van der Waals surface area contributed by atoms with E-state index in [1.165, 1.54) is 23.4 Å². The molecule has 1 fully saturated rings. The Morgan fingerprint density at radius 1 is 1.17 bits per heavy atom. The molecule has 5 nitrogen and oxygen atoms in total. The van der Waals surface area contributed by atoms with Crippen molar-refractivity contribution >= 4 is 11.7 Å². The molecule has 0 radical (unpaired) electrons. The molecule has 3 rings (SSSR count). The number of halogens is 1. The summed E-state index contributed by atoms with van der Waals surface area (Å²) in [6.07, 6.45) is 2.80. The van der Waals surface area contributed by atoms with Gasteiger partial charge in [-0.05, 0) is 36.6 Å². The average molecular weight is 313 g/mol. The number of likely N-dealkylation sites (tertiary alicyclic amines) is 1. The van der Waals surface area contributed by atoms with Gasteiger partial charge in [0.25, 0.3) is 5.91 Å². The van der Waals surface area contributed by atoms with Gasteiger partial charge in [0.15, 0.2) is 0 Å². The van der Waals surface area contributed by atoms with Crippen LogP contribution in [0.4, 0.5) is 4.39 Å². The van der Waals surface area contributed by atoms with Gasteiger partial charge in [-0.3, -0.25) is 9.59 Å². The van der Waals surface area contributed by atoms with Crippen molar-refractivity contribution in [2.24, 2.45) is 0 Å². The summed E-state index contributed by atoms with van der Waals surface area (Å²) < 4.78 is 12.9. The Morgan fingerprint density at radius 2 is 1.91 bits per heavy atom. The fraction of sp³-hybridized carbons (Fsp3) is 0.294. The Labute approximate surface area is 133 Å². The number of ketones is 1. The highest BCUT2D eigenvalue weighted by molar-refractivity contribution is 6.40. The third-order valence-electron chi connectivity index (χ3n) is 4.02. The van der Waals surface area contributed by atoms with E-state index in [4.69, 9.17) is 0 Å². The van der Waals surface area contributed by atoms with E-state index >= 15 is 0 Å². The second-order valence-electron chi connectivity index (χ2n) is 5.66. The predicted molar refractivity (Wildman–Crippen MR) is 81.2 cm³/mol. The first kappa shape index (κ1) is 15.3. The molecule has 0 aliphatic carbocycles. The third-order valence-corrected chi connectivity index (χ3v) is 4.02. The molecule has 118 valence electrons. The number of hydrogen-bond acceptors (Lipinski definition) is 4. The molecule has 6 heteroatoms. The second kappa shape index (κ2) is 6.24. The van der Waals surface area contributed by atoms with E-state index in [9.17, 15) is 14.0 Å². The van der Waals surface area contributed by atoms with Crippen LogP contribution in [0.1, 0.15) is 22.9 Å². The Bertz CT molecular complexity index is 746. The number of amides is 1. The molecule has 0 spiro atoms. The molecule has 1 atom stereocenters. The molecule has 1 aliphatic rings. The van der Waals surface area contributed by atoms with Crippen molar-refractivity contribution in [1.82, 2.24) is 14.9 Å². The van der Waals surface area contributed by atoms with Crippen LogP contribution in [-0.4, -0.2) is 40.2 Å². The number of aryl methyl sites for hydroxylation is 2. The minimum absolute atomic E-state index is 0.258. The number of Topliss-reactive ketones (excluding diaryl/α,β-unsaturated/α-hetero) is 1. The summed E-state index contributed by atoms with van der Waals surface area (Å²) in [6.45, 7) is 0.353. The summed E-state index contributed by atoms with van der Waals surface area (Å²) in [4.78, 5) is 33.3. The highest BCUT2D eigenvalue weighted by Crippen LogP contribution is 2.23. The summed E-state index contributed by atoms with van der Waals surface area (Å²) in [6, 6.07) is 8.12. The Balaban J connectivity index is 1.71. The average Bonchev–Trinajstić information content (AvgIpc) is 2.82. The van der Waals surface area contributed by atoms with Crippen molar-refractivity contribution in [2.75, 3.05) is 13.6 Å². The Hall–Kier alpha value is -2.63. The quantitative estimate of drug-likeness (QED) is 0.803. The molecule has 0 bridgehead atoms. The molecule has 1 unspecified atom stereocenters. The lowest BCUT2D eigenvalue weighted by atomic mass is 10.0. The van der Waals surface area contributed by atoms with E-state index in [1.807, 2.05) is 0 Å². The number of hydrogen-bond donors (Lipinski definition) is 0. The Morgan fingerprint density at radius 3 is 2.57 bits per heavy atom. The third kappa shape index (κ3) is 3.26. The highest BCUT2D eigenvalue weighted by Gasteiger charge is 2.38. The van der Waals surface area contributed by atoms with E-state index in [1.54, 1.807) is 25.2 Å². The molecule has 2 heterocycles. The Kier molecular flexibility index (Phi) is 4.14. The molecule has 0 saturated carbocycles. The van der Waals surface area contributed by atoms with Crippen molar-refractivity contribution in [3.8, 4) is 0 Å². The zero-order valence-corrected chi connectivity index (χ0v) is 12.7. The molecule has 1 aromatic carbocycles.